The Morgan fingerprint density at radius 1 is 1.13 bits per heavy atom. The smallest absolute Gasteiger partial charge is 0.404 e. The monoisotopic (exact) mass is 327 g/mol. The third-order valence-corrected chi connectivity index (χ3v) is 5.04. The van der Waals surface area contributed by atoms with Gasteiger partial charge in [0.05, 0.1) is 18.1 Å². The first-order chi connectivity index (χ1) is 11.1. The second-order valence-corrected chi connectivity index (χ2v) is 6.72. The molecule has 0 bridgehead atoms. The molecule has 2 amide bonds. The Kier molecular flexibility index (Phi) is 7.11. The average Bonchev–Trinajstić information content (AvgIpc) is 2.73. The number of β-amino-alcohol motifs (C(OH)–C–C–N with tert-alkyl or cyclic N) is 1. The first-order valence-electron chi connectivity index (χ1n) is 8.74. The molecule has 1 aliphatic heterocycles. The van der Waals surface area contributed by atoms with Crippen LogP contribution >= 0.6 is 0 Å². The minimum Gasteiger partial charge on any atom is -0.465 e. The van der Waals surface area contributed by atoms with Crippen molar-refractivity contribution in [1.82, 2.24) is 16.0 Å². The Hall–Kier alpha value is -1.34. The summed E-state index contributed by atoms with van der Waals surface area (Å²) in [5.74, 6) is -0.261. The molecule has 2 rings (SSSR count). The zero-order valence-electron chi connectivity index (χ0n) is 13.6. The van der Waals surface area contributed by atoms with E-state index in [9.17, 15) is 14.7 Å². The molecule has 23 heavy (non-hydrogen) atoms. The molecule has 5 N–H and O–H groups in total. The van der Waals surface area contributed by atoms with Crippen LogP contribution in [0.15, 0.2) is 0 Å². The van der Waals surface area contributed by atoms with E-state index < -0.39 is 12.2 Å². The van der Waals surface area contributed by atoms with Crippen molar-refractivity contribution in [2.45, 2.75) is 57.1 Å². The van der Waals surface area contributed by atoms with Crippen LogP contribution in [0.4, 0.5) is 4.79 Å². The number of amides is 2. The van der Waals surface area contributed by atoms with Crippen molar-refractivity contribution in [2.24, 2.45) is 11.8 Å². The van der Waals surface area contributed by atoms with Crippen molar-refractivity contribution in [2.75, 3.05) is 19.6 Å². The minimum absolute atomic E-state index is 0.128. The number of aliphatic hydroxyl groups excluding tert-OH is 1. The summed E-state index contributed by atoms with van der Waals surface area (Å²) in [7, 11) is 0. The molecule has 132 valence electrons. The molecular formula is C16H29N3O4. The fourth-order valence-electron chi connectivity index (χ4n) is 3.70. The number of hydrogen-bond acceptors (Lipinski definition) is 4. The van der Waals surface area contributed by atoms with Crippen LogP contribution in [0, 0.1) is 11.8 Å². The maximum Gasteiger partial charge on any atom is 0.404 e. The van der Waals surface area contributed by atoms with Crippen molar-refractivity contribution in [3.05, 3.63) is 0 Å². The number of carbonyl (C=O) groups excluding carboxylic acids is 1. The number of carbonyl (C=O) groups is 2. The zero-order chi connectivity index (χ0) is 16.7. The fraction of sp³-hybridized carbons (Fsp3) is 0.875. The van der Waals surface area contributed by atoms with Crippen LogP contribution in [0.2, 0.25) is 0 Å². The normalized spacial score (nSPS) is 27.7. The molecule has 2 fully saturated rings. The number of carboxylic acid groups (broad SMARTS) is 1. The van der Waals surface area contributed by atoms with Crippen molar-refractivity contribution in [1.29, 1.82) is 0 Å². The van der Waals surface area contributed by atoms with Gasteiger partial charge in [0.15, 0.2) is 0 Å². The molecule has 2 unspecified atom stereocenters. The van der Waals surface area contributed by atoms with Crippen molar-refractivity contribution >= 4 is 12.0 Å². The summed E-state index contributed by atoms with van der Waals surface area (Å²) in [6.45, 7) is 1.47. The van der Waals surface area contributed by atoms with E-state index in [2.05, 4.69) is 16.0 Å². The summed E-state index contributed by atoms with van der Waals surface area (Å²) in [5.41, 5.74) is 0. The van der Waals surface area contributed by atoms with Crippen LogP contribution in [-0.2, 0) is 4.79 Å². The second-order valence-electron chi connectivity index (χ2n) is 6.72. The van der Waals surface area contributed by atoms with E-state index >= 15 is 0 Å². The lowest BCUT2D eigenvalue weighted by Crippen LogP contribution is -2.50. The highest BCUT2D eigenvalue weighted by Crippen LogP contribution is 2.30. The first-order valence-corrected chi connectivity index (χ1v) is 8.74. The van der Waals surface area contributed by atoms with Gasteiger partial charge < -0.3 is 26.2 Å². The molecule has 0 aromatic heterocycles. The van der Waals surface area contributed by atoms with Gasteiger partial charge in [-0.05, 0) is 38.1 Å². The second kappa shape index (κ2) is 9.08. The van der Waals surface area contributed by atoms with E-state index in [4.69, 9.17) is 5.11 Å². The maximum atomic E-state index is 12.7. The lowest BCUT2D eigenvalue weighted by Gasteiger charge is -2.31. The lowest BCUT2D eigenvalue weighted by molar-refractivity contribution is -0.128. The Morgan fingerprint density at radius 2 is 1.87 bits per heavy atom. The maximum absolute atomic E-state index is 12.7. The largest absolute Gasteiger partial charge is 0.465 e. The van der Waals surface area contributed by atoms with Crippen molar-refractivity contribution < 1.29 is 19.8 Å². The minimum atomic E-state index is -1.10. The van der Waals surface area contributed by atoms with E-state index in [1.807, 2.05) is 0 Å². The predicted molar refractivity (Wildman–Crippen MR) is 86.1 cm³/mol. The van der Waals surface area contributed by atoms with Gasteiger partial charge in [-0.15, -0.1) is 0 Å². The summed E-state index contributed by atoms with van der Waals surface area (Å²) in [5, 5.41) is 27.4. The third-order valence-electron chi connectivity index (χ3n) is 5.04. The Balaban J connectivity index is 1.97. The Labute approximate surface area is 137 Å². The van der Waals surface area contributed by atoms with Crippen LogP contribution in [0.3, 0.4) is 0 Å². The third kappa shape index (κ3) is 5.66. The number of nitrogens with one attached hydrogen (secondary N) is 3. The molecule has 1 aliphatic carbocycles. The van der Waals surface area contributed by atoms with Crippen LogP contribution in [0.25, 0.3) is 0 Å². The lowest BCUT2D eigenvalue weighted by atomic mass is 9.79. The molecule has 7 nitrogen and oxygen atoms in total. The molecule has 3 atom stereocenters. The van der Waals surface area contributed by atoms with Gasteiger partial charge in [0.25, 0.3) is 0 Å². The molecule has 0 aromatic rings. The first kappa shape index (κ1) is 18.0. The molecule has 0 radical (unpaired) electrons. The van der Waals surface area contributed by atoms with Crippen molar-refractivity contribution in [3.8, 4) is 0 Å². The van der Waals surface area contributed by atoms with Gasteiger partial charge in [-0.25, -0.2) is 4.79 Å². The van der Waals surface area contributed by atoms with Gasteiger partial charge in [-0.2, -0.15) is 0 Å². The Morgan fingerprint density at radius 3 is 2.57 bits per heavy atom. The standard InChI is InChI=1S/C16H29N3O4/c20-14-10-17-8-4-7-13(14)19-15(21)12(9-18-16(22)23)11-5-2-1-3-6-11/h11-14,17-18,20H,1-10H2,(H,19,21)(H,22,23)/t12-,13?,14?/m0/s1. The number of hydrogen-bond donors (Lipinski definition) is 5. The van der Waals surface area contributed by atoms with Crippen LogP contribution in [-0.4, -0.2) is 54.0 Å². The van der Waals surface area contributed by atoms with Gasteiger partial charge in [-0.1, -0.05) is 19.3 Å². The van der Waals surface area contributed by atoms with Gasteiger partial charge in [0, 0.05) is 13.1 Å². The molecular weight excluding hydrogens is 298 g/mol. The molecule has 1 saturated carbocycles. The predicted octanol–water partition coefficient (Wildman–Crippen LogP) is 0.680. The quantitative estimate of drug-likeness (QED) is 0.510. The summed E-state index contributed by atoms with van der Waals surface area (Å²) in [4.78, 5) is 23.5. The SMILES string of the molecule is O=C(O)NC[C@H](C(=O)NC1CCCNCC1O)C1CCCCC1. The Bertz CT molecular complexity index is 399. The van der Waals surface area contributed by atoms with Gasteiger partial charge in [-0.3, -0.25) is 4.79 Å². The fourth-order valence-corrected chi connectivity index (χ4v) is 3.70. The molecule has 0 aromatic carbocycles. The van der Waals surface area contributed by atoms with E-state index in [-0.39, 0.29) is 30.3 Å². The van der Waals surface area contributed by atoms with Crippen molar-refractivity contribution in [3.63, 3.8) is 0 Å². The summed E-state index contributed by atoms with van der Waals surface area (Å²) in [6.07, 6.45) is 5.26. The van der Waals surface area contributed by atoms with E-state index in [0.717, 1.165) is 45.1 Å². The van der Waals surface area contributed by atoms with E-state index in [1.54, 1.807) is 0 Å². The van der Waals surface area contributed by atoms with E-state index in [1.165, 1.54) is 6.42 Å². The van der Waals surface area contributed by atoms with Gasteiger partial charge in [0.2, 0.25) is 5.91 Å². The zero-order valence-corrected chi connectivity index (χ0v) is 13.6. The number of aliphatic hydroxyl groups is 1. The highest BCUT2D eigenvalue weighted by atomic mass is 16.4. The van der Waals surface area contributed by atoms with Gasteiger partial charge >= 0.3 is 6.09 Å². The summed E-state index contributed by atoms with van der Waals surface area (Å²) >= 11 is 0. The highest BCUT2D eigenvalue weighted by Gasteiger charge is 2.32. The topological polar surface area (TPSA) is 111 Å². The van der Waals surface area contributed by atoms with Gasteiger partial charge in [0.1, 0.15) is 0 Å². The summed E-state index contributed by atoms with van der Waals surface area (Å²) < 4.78 is 0. The van der Waals surface area contributed by atoms with Crippen LogP contribution < -0.4 is 16.0 Å². The molecule has 1 saturated heterocycles. The molecule has 1 heterocycles. The number of rotatable bonds is 5. The summed E-state index contributed by atoms with van der Waals surface area (Å²) in [6, 6.07) is -0.256. The molecule has 7 heteroatoms. The molecule has 0 spiro atoms. The average molecular weight is 327 g/mol. The van der Waals surface area contributed by atoms with E-state index in [0.29, 0.717) is 6.54 Å². The van der Waals surface area contributed by atoms with Crippen LogP contribution in [0.1, 0.15) is 44.9 Å². The van der Waals surface area contributed by atoms with Crippen LogP contribution in [0.5, 0.6) is 0 Å². The highest BCUT2D eigenvalue weighted by molar-refractivity contribution is 5.80. The molecule has 2 aliphatic rings.